The van der Waals surface area contributed by atoms with Gasteiger partial charge in [0.15, 0.2) is 11.5 Å². The Kier molecular flexibility index (Phi) is 7.38. The molecule has 3 nitrogen and oxygen atoms in total. The van der Waals surface area contributed by atoms with Crippen molar-refractivity contribution in [3.05, 3.63) is 35.4 Å². The summed E-state index contributed by atoms with van der Waals surface area (Å²) >= 11 is 6.22. The average molecular weight is 284 g/mol. The predicted octanol–water partition coefficient (Wildman–Crippen LogP) is 3.80. The maximum absolute atomic E-state index is 6.22. The molecule has 0 bridgehead atoms. The summed E-state index contributed by atoms with van der Waals surface area (Å²) in [6, 6.07) is 3.85. The zero-order chi connectivity index (χ0) is 14.1. The van der Waals surface area contributed by atoms with Crippen LogP contribution in [0, 0.1) is 0 Å². The third-order valence-corrected chi connectivity index (χ3v) is 2.95. The molecule has 0 aliphatic heterocycles. The first-order valence-electron chi connectivity index (χ1n) is 6.53. The van der Waals surface area contributed by atoms with E-state index in [4.69, 9.17) is 21.1 Å². The number of rotatable bonds is 9. The van der Waals surface area contributed by atoms with Gasteiger partial charge in [-0.15, -0.1) is 0 Å². The largest absolute Gasteiger partial charge is 0.493 e. The first-order valence-corrected chi connectivity index (χ1v) is 6.91. The van der Waals surface area contributed by atoms with Crippen molar-refractivity contribution in [2.24, 2.45) is 0 Å². The molecule has 0 aliphatic rings. The van der Waals surface area contributed by atoms with Crippen LogP contribution in [0.1, 0.15) is 25.3 Å². The standard InChI is InChI=1S/C15H22ClNO2/c1-4-6-7-17-11-12-9-13(16)15(19-8-5-2)14(10-12)18-3/h5,9-10,17H,2,4,6-8,11H2,1,3H3. The van der Waals surface area contributed by atoms with E-state index in [-0.39, 0.29) is 0 Å². The predicted molar refractivity (Wildman–Crippen MR) is 80.3 cm³/mol. The molecule has 1 aromatic rings. The number of unbranched alkanes of at least 4 members (excludes halogenated alkanes) is 1. The van der Waals surface area contributed by atoms with Crippen molar-refractivity contribution in [2.45, 2.75) is 26.3 Å². The minimum absolute atomic E-state index is 0.407. The van der Waals surface area contributed by atoms with E-state index in [1.807, 2.05) is 12.1 Å². The van der Waals surface area contributed by atoms with Crippen LogP contribution in [0.5, 0.6) is 11.5 Å². The number of hydrogen-bond donors (Lipinski definition) is 1. The van der Waals surface area contributed by atoms with Gasteiger partial charge in [-0.3, -0.25) is 0 Å². The van der Waals surface area contributed by atoms with Gasteiger partial charge in [-0.05, 0) is 30.7 Å². The summed E-state index contributed by atoms with van der Waals surface area (Å²) in [7, 11) is 1.61. The van der Waals surface area contributed by atoms with Crippen molar-refractivity contribution < 1.29 is 9.47 Å². The molecule has 0 atom stereocenters. The zero-order valence-corrected chi connectivity index (χ0v) is 12.4. The fourth-order valence-electron chi connectivity index (χ4n) is 1.69. The summed E-state index contributed by atoms with van der Waals surface area (Å²) in [5, 5.41) is 3.94. The minimum Gasteiger partial charge on any atom is -0.493 e. The monoisotopic (exact) mass is 283 g/mol. The summed E-state index contributed by atoms with van der Waals surface area (Å²) in [6.07, 6.45) is 4.03. The molecule has 4 heteroatoms. The fourth-order valence-corrected chi connectivity index (χ4v) is 1.98. The Morgan fingerprint density at radius 1 is 1.42 bits per heavy atom. The highest BCUT2D eigenvalue weighted by Crippen LogP contribution is 2.36. The Labute approximate surface area is 120 Å². The Morgan fingerprint density at radius 2 is 2.21 bits per heavy atom. The highest BCUT2D eigenvalue weighted by Gasteiger charge is 2.11. The van der Waals surface area contributed by atoms with E-state index in [2.05, 4.69) is 18.8 Å². The van der Waals surface area contributed by atoms with Crippen LogP contribution in [0.2, 0.25) is 5.02 Å². The molecule has 0 heterocycles. The molecular weight excluding hydrogens is 262 g/mol. The first kappa shape index (κ1) is 15.9. The highest BCUT2D eigenvalue weighted by atomic mass is 35.5. The highest BCUT2D eigenvalue weighted by molar-refractivity contribution is 6.32. The van der Waals surface area contributed by atoms with E-state index in [0.29, 0.717) is 23.1 Å². The number of halogens is 1. The van der Waals surface area contributed by atoms with E-state index in [0.717, 1.165) is 18.7 Å². The van der Waals surface area contributed by atoms with Gasteiger partial charge in [0.25, 0.3) is 0 Å². The molecule has 106 valence electrons. The third kappa shape index (κ3) is 5.13. The molecule has 1 N–H and O–H groups in total. The molecule has 1 aromatic carbocycles. The second kappa shape index (κ2) is 8.83. The minimum atomic E-state index is 0.407. The van der Waals surface area contributed by atoms with Crippen LogP contribution < -0.4 is 14.8 Å². The van der Waals surface area contributed by atoms with Crippen LogP contribution in [0.3, 0.4) is 0 Å². The molecule has 0 aromatic heterocycles. The van der Waals surface area contributed by atoms with Gasteiger partial charge in [-0.2, -0.15) is 0 Å². The molecule has 0 saturated carbocycles. The Bertz CT molecular complexity index is 407. The number of benzene rings is 1. The van der Waals surface area contributed by atoms with Crippen LogP contribution in [0.25, 0.3) is 0 Å². The lowest BCUT2D eigenvalue weighted by Gasteiger charge is -2.13. The quantitative estimate of drug-likeness (QED) is 0.552. The van der Waals surface area contributed by atoms with Crippen LogP contribution in [0.4, 0.5) is 0 Å². The van der Waals surface area contributed by atoms with Crippen LogP contribution in [-0.2, 0) is 6.54 Å². The van der Waals surface area contributed by atoms with Crippen molar-refractivity contribution in [3.8, 4) is 11.5 Å². The molecule has 0 fully saturated rings. The second-order valence-electron chi connectivity index (χ2n) is 4.24. The van der Waals surface area contributed by atoms with Gasteiger partial charge in [0.1, 0.15) is 6.61 Å². The summed E-state index contributed by atoms with van der Waals surface area (Å²) in [6.45, 7) is 7.98. The fraction of sp³-hybridized carbons (Fsp3) is 0.467. The summed E-state index contributed by atoms with van der Waals surface area (Å²) in [5.41, 5.74) is 1.09. The Hall–Kier alpha value is -1.19. The number of nitrogens with one attached hydrogen (secondary N) is 1. The van der Waals surface area contributed by atoms with Crippen LogP contribution >= 0.6 is 11.6 Å². The van der Waals surface area contributed by atoms with E-state index in [1.165, 1.54) is 12.8 Å². The average Bonchev–Trinajstić information content (AvgIpc) is 2.42. The zero-order valence-electron chi connectivity index (χ0n) is 11.7. The maximum atomic E-state index is 6.22. The number of hydrogen-bond acceptors (Lipinski definition) is 3. The molecule has 0 spiro atoms. The van der Waals surface area contributed by atoms with E-state index in [9.17, 15) is 0 Å². The van der Waals surface area contributed by atoms with Crippen molar-refractivity contribution >= 4 is 11.6 Å². The Morgan fingerprint density at radius 3 is 2.84 bits per heavy atom. The number of ether oxygens (including phenoxy) is 2. The first-order chi connectivity index (χ1) is 9.22. The molecule has 0 aliphatic carbocycles. The summed E-state index contributed by atoms with van der Waals surface area (Å²) < 4.78 is 10.8. The molecule has 0 unspecified atom stereocenters. The Balaban J connectivity index is 2.74. The van der Waals surface area contributed by atoms with E-state index in [1.54, 1.807) is 13.2 Å². The van der Waals surface area contributed by atoms with Gasteiger partial charge >= 0.3 is 0 Å². The van der Waals surface area contributed by atoms with Gasteiger partial charge in [-0.1, -0.05) is 37.6 Å². The van der Waals surface area contributed by atoms with E-state index < -0.39 is 0 Å². The maximum Gasteiger partial charge on any atom is 0.180 e. The smallest absolute Gasteiger partial charge is 0.180 e. The lowest BCUT2D eigenvalue weighted by Crippen LogP contribution is -2.14. The van der Waals surface area contributed by atoms with Crippen molar-refractivity contribution in [2.75, 3.05) is 20.3 Å². The topological polar surface area (TPSA) is 30.5 Å². The molecular formula is C15H22ClNO2. The van der Waals surface area contributed by atoms with Gasteiger partial charge < -0.3 is 14.8 Å². The van der Waals surface area contributed by atoms with Gasteiger partial charge in [0.05, 0.1) is 12.1 Å². The SMILES string of the molecule is C=CCOc1c(Cl)cc(CNCCCC)cc1OC. The molecule has 0 radical (unpaired) electrons. The van der Waals surface area contributed by atoms with Crippen molar-refractivity contribution in [3.63, 3.8) is 0 Å². The van der Waals surface area contributed by atoms with E-state index >= 15 is 0 Å². The van der Waals surface area contributed by atoms with Gasteiger partial charge in [0.2, 0.25) is 0 Å². The lowest BCUT2D eigenvalue weighted by atomic mass is 10.2. The van der Waals surface area contributed by atoms with Gasteiger partial charge in [0, 0.05) is 6.54 Å². The third-order valence-electron chi connectivity index (χ3n) is 2.67. The van der Waals surface area contributed by atoms with Crippen LogP contribution in [0.15, 0.2) is 24.8 Å². The molecule has 19 heavy (non-hydrogen) atoms. The lowest BCUT2D eigenvalue weighted by molar-refractivity contribution is 0.326. The molecule has 0 saturated heterocycles. The molecule has 1 rings (SSSR count). The van der Waals surface area contributed by atoms with Crippen molar-refractivity contribution in [1.82, 2.24) is 5.32 Å². The number of methoxy groups -OCH3 is 1. The van der Waals surface area contributed by atoms with Crippen LogP contribution in [-0.4, -0.2) is 20.3 Å². The second-order valence-corrected chi connectivity index (χ2v) is 4.65. The molecule has 0 amide bonds. The summed E-state index contributed by atoms with van der Waals surface area (Å²) in [5.74, 6) is 1.23. The summed E-state index contributed by atoms with van der Waals surface area (Å²) in [4.78, 5) is 0. The normalized spacial score (nSPS) is 10.3. The van der Waals surface area contributed by atoms with Crippen molar-refractivity contribution in [1.29, 1.82) is 0 Å². The van der Waals surface area contributed by atoms with Gasteiger partial charge in [-0.25, -0.2) is 0 Å².